The second kappa shape index (κ2) is 7.64. The van der Waals surface area contributed by atoms with Crippen LogP contribution in [-0.4, -0.2) is 26.3 Å². The number of non-ortho nitro benzene ring substituents is 1. The van der Waals surface area contributed by atoms with E-state index in [0.29, 0.717) is 10.9 Å². The summed E-state index contributed by atoms with van der Waals surface area (Å²) in [4.78, 5) is 35.5. The van der Waals surface area contributed by atoms with Crippen LogP contribution < -0.4 is 0 Å². The number of nitrogens with zero attached hydrogens (tertiary/aromatic N) is 2. The van der Waals surface area contributed by atoms with Gasteiger partial charge in [-0.1, -0.05) is 31.5 Å². The van der Waals surface area contributed by atoms with Crippen molar-refractivity contribution in [2.75, 3.05) is 0 Å². The van der Waals surface area contributed by atoms with Crippen molar-refractivity contribution in [2.24, 2.45) is 0 Å². The molecule has 0 aliphatic carbocycles. The van der Waals surface area contributed by atoms with E-state index in [9.17, 15) is 24.8 Å². The molecule has 0 aliphatic rings. The van der Waals surface area contributed by atoms with Crippen molar-refractivity contribution >= 4 is 28.3 Å². The minimum absolute atomic E-state index is 0.178. The fraction of sp³-hybridized carbons (Fsp3) is 0.238. The Bertz CT molecular complexity index is 1100. The van der Waals surface area contributed by atoms with Crippen LogP contribution in [0.25, 0.3) is 10.9 Å². The number of aromatic carboxylic acids is 1. The van der Waals surface area contributed by atoms with Gasteiger partial charge in [0, 0.05) is 40.8 Å². The monoisotopic (exact) mass is 380 g/mol. The Kier molecular flexibility index (Phi) is 5.26. The zero-order valence-electron chi connectivity index (χ0n) is 15.6. The van der Waals surface area contributed by atoms with E-state index >= 15 is 0 Å². The first-order valence-electron chi connectivity index (χ1n) is 9.01. The van der Waals surface area contributed by atoms with E-state index in [1.807, 2.05) is 35.8 Å². The van der Waals surface area contributed by atoms with Gasteiger partial charge in [0.05, 0.1) is 16.1 Å². The van der Waals surface area contributed by atoms with Crippen LogP contribution in [0.2, 0.25) is 0 Å². The number of nitro benzene ring substituents is 1. The average Bonchev–Trinajstić information content (AvgIpc) is 2.96. The summed E-state index contributed by atoms with van der Waals surface area (Å²) in [6.07, 6.45) is 1.92. The maximum absolute atomic E-state index is 13.4. The van der Waals surface area contributed by atoms with E-state index < -0.39 is 16.7 Å². The Labute approximate surface area is 161 Å². The van der Waals surface area contributed by atoms with Crippen molar-refractivity contribution in [3.05, 3.63) is 75.0 Å². The van der Waals surface area contributed by atoms with Crippen LogP contribution in [0.1, 0.15) is 51.7 Å². The third-order valence-corrected chi connectivity index (χ3v) is 4.88. The minimum Gasteiger partial charge on any atom is -0.478 e. The molecule has 7 heteroatoms. The molecule has 0 saturated carbocycles. The van der Waals surface area contributed by atoms with Gasteiger partial charge in [0.25, 0.3) is 5.69 Å². The van der Waals surface area contributed by atoms with Gasteiger partial charge >= 0.3 is 5.97 Å². The summed E-state index contributed by atoms with van der Waals surface area (Å²) >= 11 is 0. The molecule has 3 aromatic rings. The van der Waals surface area contributed by atoms with Gasteiger partial charge in [-0.15, -0.1) is 0 Å². The first-order chi connectivity index (χ1) is 13.4. The Morgan fingerprint density at radius 3 is 2.50 bits per heavy atom. The third kappa shape index (κ3) is 3.26. The van der Waals surface area contributed by atoms with E-state index in [4.69, 9.17) is 0 Å². The van der Waals surface area contributed by atoms with E-state index in [0.717, 1.165) is 48.8 Å². The highest BCUT2D eigenvalue weighted by molar-refractivity contribution is 6.20. The molecule has 1 aromatic heterocycles. The topological polar surface area (TPSA) is 102 Å². The molecule has 0 spiro atoms. The van der Waals surface area contributed by atoms with Crippen LogP contribution in [0.3, 0.4) is 0 Å². The molecule has 0 bridgehead atoms. The van der Waals surface area contributed by atoms with Gasteiger partial charge in [-0.25, -0.2) is 4.79 Å². The van der Waals surface area contributed by atoms with E-state index in [1.165, 1.54) is 0 Å². The summed E-state index contributed by atoms with van der Waals surface area (Å²) in [5.74, 6) is -1.82. The Morgan fingerprint density at radius 1 is 1.14 bits per heavy atom. The quantitative estimate of drug-likeness (QED) is 0.367. The number of unbranched alkanes of at least 4 members (excludes halogenated alkanes) is 1. The van der Waals surface area contributed by atoms with Crippen LogP contribution in [0, 0.1) is 17.0 Å². The molecule has 28 heavy (non-hydrogen) atoms. The molecule has 144 valence electrons. The van der Waals surface area contributed by atoms with Crippen molar-refractivity contribution in [3.8, 4) is 0 Å². The van der Waals surface area contributed by atoms with Gasteiger partial charge in [-0.05, 0) is 25.5 Å². The zero-order valence-corrected chi connectivity index (χ0v) is 15.6. The van der Waals surface area contributed by atoms with Gasteiger partial charge in [0.2, 0.25) is 0 Å². The van der Waals surface area contributed by atoms with E-state index in [1.54, 1.807) is 0 Å². The highest BCUT2D eigenvalue weighted by Crippen LogP contribution is 2.30. The number of rotatable bonds is 7. The Balaban J connectivity index is 2.25. The molecular weight excluding hydrogens is 360 g/mol. The number of para-hydroxylation sites is 1. The van der Waals surface area contributed by atoms with Crippen LogP contribution in [0.15, 0.2) is 42.5 Å². The summed E-state index contributed by atoms with van der Waals surface area (Å²) in [5.41, 5.74) is 1.25. The minimum atomic E-state index is -1.30. The number of hydrogen-bond acceptors (Lipinski definition) is 4. The lowest BCUT2D eigenvalue weighted by atomic mass is 9.96. The van der Waals surface area contributed by atoms with Crippen molar-refractivity contribution < 1.29 is 19.6 Å². The van der Waals surface area contributed by atoms with Crippen LogP contribution in [0.4, 0.5) is 5.69 Å². The van der Waals surface area contributed by atoms with Crippen molar-refractivity contribution in [2.45, 2.75) is 33.2 Å². The summed E-state index contributed by atoms with van der Waals surface area (Å²) in [6, 6.07) is 10.7. The number of aryl methyl sites for hydroxylation is 1. The number of ketones is 1. The lowest BCUT2D eigenvalue weighted by Crippen LogP contribution is -2.12. The highest BCUT2D eigenvalue weighted by atomic mass is 16.6. The normalized spacial score (nSPS) is 10.9. The number of carboxylic acid groups (broad SMARTS) is 1. The molecule has 7 nitrogen and oxygen atoms in total. The lowest BCUT2D eigenvalue weighted by Gasteiger charge is -2.08. The molecule has 0 amide bonds. The van der Waals surface area contributed by atoms with Crippen LogP contribution in [-0.2, 0) is 6.54 Å². The number of nitro groups is 1. The molecule has 1 heterocycles. The maximum Gasteiger partial charge on any atom is 0.336 e. The van der Waals surface area contributed by atoms with Gasteiger partial charge in [-0.3, -0.25) is 14.9 Å². The predicted octanol–water partition coefficient (Wildman–Crippen LogP) is 4.59. The lowest BCUT2D eigenvalue weighted by molar-refractivity contribution is -0.384. The molecule has 2 aromatic carbocycles. The predicted molar refractivity (Wildman–Crippen MR) is 105 cm³/mol. The number of aromatic nitrogens is 1. The number of hydrogen-bond donors (Lipinski definition) is 1. The number of carboxylic acids is 1. The molecule has 0 aliphatic heterocycles. The first-order valence-corrected chi connectivity index (χ1v) is 9.01. The van der Waals surface area contributed by atoms with Gasteiger partial charge in [-0.2, -0.15) is 0 Å². The summed E-state index contributed by atoms with van der Waals surface area (Å²) in [7, 11) is 0. The number of carbonyl (C=O) groups excluding carboxylic acids is 1. The summed E-state index contributed by atoms with van der Waals surface area (Å²) < 4.78 is 2.05. The zero-order chi connectivity index (χ0) is 20.4. The fourth-order valence-electron chi connectivity index (χ4n) is 3.48. The van der Waals surface area contributed by atoms with Crippen molar-refractivity contribution in [1.82, 2.24) is 4.57 Å². The van der Waals surface area contributed by atoms with Crippen molar-refractivity contribution in [3.63, 3.8) is 0 Å². The molecule has 1 N–H and O–H groups in total. The van der Waals surface area contributed by atoms with Gasteiger partial charge < -0.3 is 9.67 Å². The summed E-state index contributed by atoms with van der Waals surface area (Å²) in [5, 5.41) is 21.3. The molecule has 3 rings (SSSR count). The second-order valence-electron chi connectivity index (χ2n) is 6.60. The molecule has 0 saturated heterocycles. The van der Waals surface area contributed by atoms with E-state index in [2.05, 4.69) is 6.92 Å². The second-order valence-corrected chi connectivity index (χ2v) is 6.60. The first kappa shape index (κ1) is 19.3. The smallest absolute Gasteiger partial charge is 0.336 e. The van der Waals surface area contributed by atoms with Gasteiger partial charge in [0.15, 0.2) is 5.78 Å². The molecular formula is C21H20N2O5. The maximum atomic E-state index is 13.4. The fourth-order valence-corrected chi connectivity index (χ4v) is 3.48. The number of carbonyl (C=O) groups is 2. The molecule has 0 atom stereocenters. The standard InChI is InChI=1S/C21H20N2O5/c1-3-4-11-22-13(2)19(16-7-5-6-8-18(16)22)20(24)17-12-14(23(27)28)9-10-15(17)21(25)26/h5-10,12H,3-4,11H2,1-2H3,(H,25,26). The number of fused-ring (bicyclic) bond motifs is 1. The largest absolute Gasteiger partial charge is 0.478 e. The van der Waals surface area contributed by atoms with Crippen LogP contribution >= 0.6 is 0 Å². The van der Waals surface area contributed by atoms with E-state index in [-0.39, 0.29) is 16.8 Å². The van der Waals surface area contributed by atoms with Crippen LogP contribution in [0.5, 0.6) is 0 Å². The Morgan fingerprint density at radius 2 is 1.86 bits per heavy atom. The molecule has 0 fully saturated rings. The number of benzene rings is 2. The highest BCUT2D eigenvalue weighted by Gasteiger charge is 2.26. The SMILES string of the molecule is CCCCn1c(C)c(C(=O)c2cc([N+](=O)[O-])ccc2C(=O)O)c2ccccc21. The summed E-state index contributed by atoms with van der Waals surface area (Å²) in [6.45, 7) is 4.63. The van der Waals surface area contributed by atoms with Crippen molar-refractivity contribution in [1.29, 1.82) is 0 Å². The van der Waals surface area contributed by atoms with Gasteiger partial charge in [0.1, 0.15) is 0 Å². The Hall–Kier alpha value is -3.48. The average molecular weight is 380 g/mol. The third-order valence-electron chi connectivity index (χ3n) is 4.88. The molecule has 0 radical (unpaired) electrons. The molecule has 0 unspecified atom stereocenters.